The summed E-state index contributed by atoms with van der Waals surface area (Å²) in [7, 11) is 1.55. The molecule has 0 aliphatic rings. The Morgan fingerprint density at radius 2 is 2.04 bits per heavy atom. The number of nitrogens with zero attached hydrogens (tertiary/aromatic N) is 1. The molecule has 2 aromatic rings. The van der Waals surface area contributed by atoms with Gasteiger partial charge in [-0.25, -0.2) is 0 Å². The molecule has 0 aromatic heterocycles. The van der Waals surface area contributed by atoms with Crippen LogP contribution in [0.4, 0.5) is 5.69 Å². The normalized spacial score (nSPS) is 10.9. The lowest BCUT2D eigenvalue weighted by Crippen LogP contribution is -2.13. The zero-order valence-electron chi connectivity index (χ0n) is 12.4. The second-order valence-corrected chi connectivity index (χ2v) is 6.34. The molecule has 1 amide bonds. The van der Waals surface area contributed by atoms with Crippen molar-refractivity contribution in [2.75, 3.05) is 12.4 Å². The molecule has 2 aromatic carbocycles. The Bertz CT molecular complexity index is 860. The van der Waals surface area contributed by atoms with Crippen molar-refractivity contribution in [2.45, 2.75) is 0 Å². The summed E-state index contributed by atoms with van der Waals surface area (Å²) in [4.78, 5) is 12.3. The summed E-state index contributed by atoms with van der Waals surface area (Å²) in [6, 6.07) is 11.8. The van der Waals surface area contributed by atoms with Crippen molar-refractivity contribution in [2.24, 2.45) is 0 Å². The van der Waals surface area contributed by atoms with Gasteiger partial charge >= 0.3 is 0 Å². The number of ether oxygens (including phenoxy) is 1. The topological polar surface area (TPSA) is 62.1 Å². The molecule has 0 radical (unpaired) electrons. The highest BCUT2D eigenvalue weighted by Gasteiger charge is 2.12. The molecule has 2 rings (SSSR count). The molecule has 0 bridgehead atoms. The first-order valence-corrected chi connectivity index (χ1v) is 8.21. The van der Waals surface area contributed by atoms with E-state index in [0.29, 0.717) is 31.5 Å². The number of carbonyl (C=O) groups is 1. The molecule has 0 saturated heterocycles. The number of methoxy groups -OCH3 is 1. The summed E-state index contributed by atoms with van der Waals surface area (Å²) >= 11 is 15.2. The molecule has 0 heterocycles. The summed E-state index contributed by atoms with van der Waals surface area (Å²) < 4.78 is 5.86. The van der Waals surface area contributed by atoms with Crippen LogP contribution in [0.5, 0.6) is 5.75 Å². The van der Waals surface area contributed by atoms with Crippen LogP contribution in [0.15, 0.2) is 46.4 Å². The van der Waals surface area contributed by atoms with Crippen molar-refractivity contribution in [3.05, 3.63) is 62.1 Å². The standard InChI is InChI=1S/C17H11BrCl2N2O2/c1-24-16-5-2-10(7-13(16)18)6-11(9-21)17(23)22-15-8-12(19)3-4-14(15)20/h2-8H,1H3,(H,22,23)/b11-6+. The molecule has 24 heavy (non-hydrogen) atoms. The summed E-state index contributed by atoms with van der Waals surface area (Å²) in [5, 5.41) is 12.6. The van der Waals surface area contributed by atoms with Crippen LogP contribution in [0.2, 0.25) is 10.0 Å². The number of hydrogen-bond acceptors (Lipinski definition) is 3. The molecular weight excluding hydrogens is 415 g/mol. The van der Waals surface area contributed by atoms with E-state index < -0.39 is 5.91 Å². The van der Waals surface area contributed by atoms with Crippen LogP contribution in [-0.2, 0) is 4.79 Å². The Balaban J connectivity index is 2.27. The fourth-order valence-electron chi connectivity index (χ4n) is 1.87. The summed E-state index contributed by atoms with van der Waals surface area (Å²) in [5.41, 5.74) is 0.945. The molecule has 122 valence electrons. The van der Waals surface area contributed by atoms with Crippen LogP contribution in [0.3, 0.4) is 0 Å². The second-order valence-electron chi connectivity index (χ2n) is 4.64. The molecule has 0 aliphatic heterocycles. The van der Waals surface area contributed by atoms with Crippen LogP contribution in [0, 0.1) is 11.3 Å². The van der Waals surface area contributed by atoms with E-state index in [1.54, 1.807) is 37.4 Å². The zero-order valence-corrected chi connectivity index (χ0v) is 15.5. The highest BCUT2D eigenvalue weighted by atomic mass is 79.9. The van der Waals surface area contributed by atoms with Crippen molar-refractivity contribution in [1.29, 1.82) is 5.26 Å². The van der Waals surface area contributed by atoms with E-state index in [1.807, 2.05) is 6.07 Å². The molecular formula is C17H11BrCl2N2O2. The molecule has 0 spiro atoms. The maximum atomic E-state index is 12.3. The number of benzene rings is 2. The number of hydrogen-bond donors (Lipinski definition) is 1. The summed E-state index contributed by atoms with van der Waals surface area (Å²) in [5.74, 6) is 0.0782. The van der Waals surface area contributed by atoms with E-state index >= 15 is 0 Å². The van der Waals surface area contributed by atoms with Gasteiger partial charge < -0.3 is 10.1 Å². The summed E-state index contributed by atoms with van der Waals surface area (Å²) in [6.07, 6.45) is 1.47. The third-order valence-electron chi connectivity index (χ3n) is 3.03. The van der Waals surface area contributed by atoms with Gasteiger partial charge in [0.25, 0.3) is 5.91 Å². The largest absolute Gasteiger partial charge is 0.496 e. The average Bonchev–Trinajstić information content (AvgIpc) is 2.56. The monoisotopic (exact) mass is 424 g/mol. The second kappa shape index (κ2) is 8.20. The van der Waals surface area contributed by atoms with Gasteiger partial charge in [-0.15, -0.1) is 0 Å². The Labute approximate surface area is 157 Å². The van der Waals surface area contributed by atoms with Crippen molar-refractivity contribution in [1.82, 2.24) is 0 Å². The summed E-state index contributed by atoms with van der Waals surface area (Å²) in [6.45, 7) is 0. The first-order valence-electron chi connectivity index (χ1n) is 6.66. The molecule has 0 atom stereocenters. The number of carbonyl (C=O) groups excluding carboxylic acids is 1. The Morgan fingerprint density at radius 3 is 2.67 bits per heavy atom. The molecule has 4 nitrogen and oxygen atoms in total. The number of nitriles is 1. The molecule has 7 heteroatoms. The number of nitrogens with one attached hydrogen (secondary N) is 1. The Kier molecular flexibility index (Phi) is 6.27. The number of halogens is 3. The van der Waals surface area contributed by atoms with Crippen LogP contribution in [0.1, 0.15) is 5.56 Å². The predicted octanol–water partition coefficient (Wildman–Crippen LogP) is 5.31. The molecule has 0 saturated carbocycles. The van der Waals surface area contributed by atoms with Gasteiger partial charge in [0.15, 0.2) is 0 Å². The lowest BCUT2D eigenvalue weighted by Gasteiger charge is -2.07. The van der Waals surface area contributed by atoms with E-state index in [-0.39, 0.29) is 5.57 Å². The fourth-order valence-corrected chi connectivity index (χ4v) is 2.77. The van der Waals surface area contributed by atoms with Crippen LogP contribution in [-0.4, -0.2) is 13.0 Å². The van der Waals surface area contributed by atoms with Crippen molar-refractivity contribution < 1.29 is 9.53 Å². The maximum Gasteiger partial charge on any atom is 0.266 e. The first-order chi connectivity index (χ1) is 11.4. The zero-order chi connectivity index (χ0) is 17.7. The third-order valence-corrected chi connectivity index (χ3v) is 4.21. The van der Waals surface area contributed by atoms with E-state index in [4.69, 9.17) is 27.9 Å². The van der Waals surface area contributed by atoms with Crippen molar-refractivity contribution >= 4 is 56.8 Å². The molecule has 0 fully saturated rings. The maximum absolute atomic E-state index is 12.3. The number of amides is 1. The Hall–Kier alpha value is -2.00. The lowest BCUT2D eigenvalue weighted by atomic mass is 10.1. The van der Waals surface area contributed by atoms with E-state index in [0.717, 1.165) is 0 Å². The van der Waals surface area contributed by atoms with E-state index in [9.17, 15) is 10.1 Å². The average molecular weight is 426 g/mol. The van der Waals surface area contributed by atoms with Gasteiger partial charge in [0.1, 0.15) is 17.4 Å². The van der Waals surface area contributed by atoms with Gasteiger partial charge in [0, 0.05) is 5.02 Å². The predicted molar refractivity (Wildman–Crippen MR) is 99.4 cm³/mol. The van der Waals surface area contributed by atoms with E-state index in [1.165, 1.54) is 12.1 Å². The number of rotatable bonds is 4. The van der Waals surface area contributed by atoms with Crippen molar-refractivity contribution in [3.63, 3.8) is 0 Å². The fraction of sp³-hybridized carbons (Fsp3) is 0.0588. The minimum absolute atomic E-state index is 0.0666. The first kappa shape index (κ1) is 18.3. The lowest BCUT2D eigenvalue weighted by molar-refractivity contribution is -0.112. The quantitative estimate of drug-likeness (QED) is 0.533. The molecule has 1 N–H and O–H groups in total. The highest BCUT2D eigenvalue weighted by Crippen LogP contribution is 2.28. The van der Waals surface area contributed by atoms with Gasteiger partial charge in [-0.1, -0.05) is 29.3 Å². The van der Waals surface area contributed by atoms with Gasteiger partial charge in [0.2, 0.25) is 0 Å². The SMILES string of the molecule is COc1ccc(/C=C(\C#N)C(=O)Nc2cc(Cl)ccc2Cl)cc1Br. The van der Waals surface area contributed by atoms with Crippen LogP contribution >= 0.6 is 39.1 Å². The van der Waals surface area contributed by atoms with Crippen LogP contribution in [0.25, 0.3) is 6.08 Å². The van der Waals surface area contributed by atoms with Gasteiger partial charge in [-0.3, -0.25) is 4.79 Å². The highest BCUT2D eigenvalue weighted by molar-refractivity contribution is 9.10. The van der Waals surface area contributed by atoms with Gasteiger partial charge in [-0.05, 0) is 57.9 Å². The third kappa shape index (κ3) is 4.51. The van der Waals surface area contributed by atoms with Gasteiger partial charge in [-0.2, -0.15) is 5.26 Å². The van der Waals surface area contributed by atoms with Gasteiger partial charge in [0.05, 0.1) is 22.3 Å². The molecule has 0 unspecified atom stereocenters. The Morgan fingerprint density at radius 1 is 1.29 bits per heavy atom. The van der Waals surface area contributed by atoms with E-state index in [2.05, 4.69) is 21.2 Å². The van der Waals surface area contributed by atoms with Crippen molar-refractivity contribution in [3.8, 4) is 11.8 Å². The minimum Gasteiger partial charge on any atom is -0.496 e. The smallest absolute Gasteiger partial charge is 0.266 e. The minimum atomic E-state index is -0.575. The van der Waals surface area contributed by atoms with Crippen LogP contribution < -0.4 is 10.1 Å². The molecule has 0 aliphatic carbocycles. The number of anilines is 1.